The normalized spacial score (nSPS) is 13.2. The maximum atomic E-state index is 11.8. The number of benzene rings is 2. The van der Waals surface area contributed by atoms with Crippen molar-refractivity contribution in [3.05, 3.63) is 48.5 Å². The Bertz CT molecular complexity index is 655. The second-order valence-corrected chi connectivity index (χ2v) is 6.07. The molecular weight excluding hydrogens is 328 g/mol. The zero-order valence-corrected chi connectivity index (χ0v) is 12.7. The molecule has 0 heterocycles. The highest BCUT2D eigenvalue weighted by Gasteiger charge is 2.05. The summed E-state index contributed by atoms with van der Waals surface area (Å²) in [4.78, 5) is 12.2. The van der Waals surface area contributed by atoms with Crippen molar-refractivity contribution in [1.82, 2.24) is 0 Å². The summed E-state index contributed by atoms with van der Waals surface area (Å²) >= 11 is -4.12. The van der Waals surface area contributed by atoms with Gasteiger partial charge in [0.1, 0.15) is 0 Å². The monoisotopic (exact) mass is 340 g/mol. The van der Waals surface area contributed by atoms with Crippen LogP contribution in [0.1, 0.15) is 0 Å². The maximum absolute atomic E-state index is 11.8. The van der Waals surface area contributed by atoms with E-state index in [1.165, 1.54) is 48.5 Å². The Labute approximate surface area is 131 Å². The van der Waals surface area contributed by atoms with Crippen LogP contribution in [0.3, 0.4) is 0 Å². The molecule has 0 aliphatic carbocycles. The van der Waals surface area contributed by atoms with Crippen molar-refractivity contribution in [1.29, 1.82) is 0 Å². The number of hydrogen-bond acceptors (Lipinski definition) is 3. The summed E-state index contributed by atoms with van der Waals surface area (Å²) in [6.45, 7) is 0. The number of amides is 2. The molecule has 7 nitrogen and oxygen atoms in total. The molecule has 2 aromatic rings. The van der Waals surface area contributed by atoms with Crippen molar-refractivity contribution in [2.75, 3.05) is 10.6 Å². The highest BCUT2D eigenvalue weighted by Crippen LogP contribution is 2.14. The predicted molar refractivity (Wildman–Crippen MR) is 83.6 cm³/mol. The molecule has 22 heavy (non-hydrogen) atoms. The molecular formula is C13H12N2O5S2. The summed E-state index contributed by atoms with van der Waals surface area (Å²) in [6.07, 6.45) is 0. The minimum atomic E-state index is -2.06. The molecule has 2 unspecified atom stereocenters. The Balaban J connectivity index is 1.97. The molecule has 2 rings (SSSR count). The van der Waals surface area contributed by atoms with Gasteiger partial charge in [0, 0.05) is 11.4 Å². The second kappa shape index (κ2) is 7.27. The quantitative estimate of drug-likeness (QED) is 0.638. The van der Waals surface area contributed by atoms with Crippen LogP contribution in [0.2, 0.25) is 0 Å². The van der Waals surface area contributed by atoms with Gasteiger partial charge in [0.2, 0.25) is 0 Å². The molecule has 2 aromatic carbocycles. The van der Waals surface area contributed by atoms with Crippen LogP contribution in [0.5, 0.6) is 0 Å². The first-order valence-corrected chi connectivity index (χ1v) is 8.17. The fourth-order valence-electron chi connectivity index (χ4n) is 1.60. The van der Waals surface area contributed by atoms with E-state index in [0.717, 1.165) is 0 Å². The molecule has 0 saturated heterocycles. The average Bonchev–Trinajstić information content (AvgIpc) is 2.48. The fraction of sp³-hybridized carbons (Fsp3) is 0. The molecule has 0 bridgehead atoms. The van der Waals surface area contributed by atoms with Crippen LogP contribution in [0.15, 0.2) is 58.3 Å². The fourth-order valence-corrected chi connectivity index (χ4v) is 2.34. The smallest absolute Gasteiger partial charge is 0.308 e. The third kappa shape index (κ3) is 4.46. The SMILES string of the molecule is O=C(Nc1ccc(S(=O)O)cc1)Nc1ccc(S(=O)O)cc1. The van der Waals surface area contributed by atoms with Crippen LogP contribution in [0.25, 0.3) is 0 Å². The summed E-state index contributed by atoms with van der Waals surface area (Å²) < 4.78 is 39.4. The van der Waals surface area contributed by atoms with E-state index in [1.54, 1.807) is 0 Å². The van der Waals surface area contributed by atoms with Crippen LogP contribution in [0.4, 0.5) is 16.2 Å². The summed E-state index contributed by atoms with van der Waals surface area (Å²) in [7, 11) is 0. The molecule has 0 saturated carbocycles. The van der Waals surface area contributed by atoms with Gasteiger partial charge in [0.25, 0.3) is 0 Å². The molecule has 0 aliphatic rings. The third-order valence-corrected chi connectivity index (χ3v) is 3.98. The van der Waals surface area contributed by atoms with E-state index in [-0.39, 0.29) is 9.79 Å². The summed E-state index contributed by atoms with van der Waals surface area (Å²) in [5.74, 6) is 0. The lowest BCUT2D eigenvalue weighted by Crippen LogP contribution is -2.19. The van der Waals surface area contributed by atoms with Crippen LogP contribution < -0.4 is 10.6 Å². The van der Waals surface area contributed by atoms with E-state index in [0.29, 0.717) is 11.4 Å². The van der Waals surface area contributed by atoms with Gasteiger partial charge < -0.3 is 19.7 Å². The van der Waals surface area contributed by atoms with E-state index < -0.39 is 28.2 Å². The molecule has 9 heteroatoms. The van der Waals surface area contributed by atoms with E-state index >= 15 is 0 Å². The first-order chi connectivity index (χ1) is 10.5. The summed E-state index contributed by atoms with van der Waals surface area (Å²) in [6, 6.07) is 11.2. The van der Waals surface area contributed by atoms with Crippen molar-refractivity contribution in [2.45, 2.75) is 9.79 Å². The highest BCUT2D eigenvalue weighted by molar-refractivity contribution is 7.79. The molecule has 0 aliphatic heterocycles. The van der Waals surface area contributed by atoms with Crippen molar-refractivity contribution in [3.8, 4) is 0 Å². The van der Waals surface area contributed by atoms with Gasteiger partial charge in [-0.2, -0.15) is 0 Å². The Hall–Kier alpha value is -2.07. The first-order valence-electron chi connectivity index (χ1n) is 5.95. The molecule has 2 amide bonds. The lowest BCUT2D eigenvalue weighted by molar-refractivity contribution is 0.262. The maximum Gasteiger partial charge on any atom is 0.323 e. The van der Waals surface area contributed by atoms with Gasteiger partial charge in [0.15, 0.2) is 22.2 Å². The number of rotatable bonds is 4. The van der Waals surface area contributed by atoms with Gasteiger partial charge >= 0.3 is 6.03 Å². The number of urea groups is 1. The zero-order chi connectivity index (χ0) is 16.1. The number of anilines is 2. The van der Waals surface area contributed by atoms with Crippen LogP contribution in [-0.2, 0) is 22.2 Å². The van der Waals surface area contributed by atoms with Crippen molar-refractivity contribution in [3.63, 3.8) is 0 Å². The van der Waals surface area contributed by atoms with Crippen LogP contribution in [-0.4, -0.2) is 23.6 Å². The van der Waals surface area contributed by atoms with E-state index in [1.807, 2.05) is 0 Å². The predicted octanol–water partition coefficient (Wildman–Crippen LogP) is 2.49. The lowest BCUT2D eigenvalue weighted by atomic mass is 10.3. The molecule has 0 fully saturated rings. The number of hydrogen-bond donors (Lipinski definition) is 4. The van der Waals surface area contributed by atoms with Gasteiger partial charge in [-0.25, -0.2) is 13.2 Å². The largest absolute Gasteiger partial charge is 0.323 e. The Morgan fingerprint density at radius 2 is 1.05 bits per heavy atom. The highest BCUT2D eigenvalue weighted by atomic mass is 32.2. The van der Waals surface area contributed by atoms with E-state index in [4.69, 9.17) is 9.11 Å². The Morgan fingerprint density at radius 1 is 0.727 bits per heavy atom. The van der Waals surface area contributed by atoms with Crippen molar-refractivity contribution < 1.29 is 22.3 Å². The van der Waals surface area contributed by atoms with Gasteiger partial charge in [-0.3, -0.25) is 0 Å². The molecule has 2 atom stereocenters. The summed E-state index contributed by atoms with van der Waals surface area (Å²) in [5.41, 5.74) is 0.916. The third-order valence-electron chi connectivity index (χ3n) is 2.63. The topological polar surface area (TPSA) is 116 Å². The minimum absolute atomic E-state index is 0.235. The lowest BCUT2D eigenvalue weighted by Gasteiger charge is -2.08. The Kier molecular flexibility index (Phi) is 5.39. The van der Waals surface area contributed by atoms with Crippen LogP contribution in [0, 0.1) is 0 Å². The summed E-state index contributed by atoms with van der Waals surface area (Å²) in [5, 5.41) is 5.11. The standard InChI is InChI=1S/C13H12N2O5S2/c16-13(14-9-1-5-11(6-2-9)21(17)18)15-10-3-7-12(8-4-10)22(19)20/h1-8H,(H,17,18)(H,19,20)(H2,14,15,16). The zero-order valence-electron chi connectivity index (χ0n) is 11.1. The van der Waals surface area contributed by atoms with Gasteiger partial charge in [-0.1, -0.05) is 0 Å². The molecule has 4 N–H and O–H groups in total. The first kappa shape index (κ1) is 16.3. The van der Waals surface area contributed by atoms with E-state index in [2.05, 4.69) is 10.6 Å². The minimum Gasteiger partial charge on any atom is -0.308 e. The molecule has 116 valence electrons. The number of carbonyl (C=O) groups excluding carboxylic acids is 1. The van der Waals surface area contributed by atoms with E-state index in [9.17, 15) is 13.2 Å². The molecule has 0 aromatic heterocycles. The van der Waals surface area contributed by atoms with Crippen LogP contribution >= 0.6 is 0 Å². The van der Waals surface area contributed by atoms with Gasteiger partial charge in [0.05, 0.1) is 9.79 Å². The Morgan fingerprint density at radius 3 is 1.32 bits per heavy atom. The van der Waals surface area contributed by atoms with Crippen molar-refractivity contribution in [2.24, 2.45) is 0 Å². The van der Waals surface area contributed by atoms with Crippen molar-refractivity contribution >= 4 is 39.6 Å². The second-order valence-electron chi connectivity index (χ2n) is 4.13. The number of carbonyl (C=O) groups is 1. The van der Waals surface area contributed by atoms with Gasteiger partial charge in [-0.15, -0.1) is 0 Å². The molecule has 0 spiro atoms. The molecule has 0 radical (unpaired) electrons. The van der Waals surface area contributed by atoms with Gasteiger partial charge in [-0.05, 0) is 48.5 Å². The number of nitrogens with one attached hydrogen (secondary N) is 2. The average molecular weight is 340 g/mol.